The largest absolute Gasteiger partial charge is 0.481 e. The first kappa shape index (κ1) is 29.1. The summed E-state index contributed by atoms with van der Waals surface area (Å²) < 4.78 is 0. The van der Waals surface area contributed by atoms with Crippen LogP contribution in [0, 0.1) is 0 Å². The normalized spacial score (nSPS) is 14.5. The molecular formula is C34H40N2O4. The van der Waals surface area contributed by atoms with Gasteiger partial charge in [-0.1, -0.05) is 81.6 Å². The lowest BCUT2D eigenvalue weighted by Gasteiger charge is -2.23. The van der Waals surface area contributed by atoms with Crippen LogP contribution < -0.4 is 10.6 Å². The maximum Gasteiger partial charge on any atom is 0.305 e. The summed E-state index contributed by atoms with van der Waals surface area (Å²) in [6.07, 6.45) is 6.69. The molecule has 0 radical (unpaired) electrons. The van der Waals surface area contributed by atoms with Gasteiger partial charge < -0.3 is 15.7 Å². The lowest BCUT2D eigenvalue weighted by Crippen LogP contribution is -2.26. The predicted octanol–water partition coefficient (Wildman–Crippen LogP) is 7.03. The lowest BCUT2D eigenvalue weighted by molar-refractivity contribution is -0.136. The average molecular weight is 541 g/mol. The van der Waals surface area contributed by atoms with Gasteiger partial charge in [0.05, 0.1) is 12.3 Å². The number of carbonyl (C=O) groups excluding carboxylic acids is 2. The molecule has 1 aliphatic carbocycles. The van der Waals surface area contributed by atoms with Crippen LogP contribution in [0.25, 0.3) is 0 Å². The second-order valence-electron chi connectivity index (χ2n) is 11.1. The van der Waals surface area contributed by atoms with E-state index in [4.69, 9.17) is 5.11 Å². The molecule has 2 amide bonds. The van der Waals surface area contributed by atoms with E-state index in [-0.39, 0.29) is 24.8 Å². The van der Waals surface area contributed by atoms with Gasteiger partial charge in [-0.2, -0.15) is 0 Å². The summed E-state index contributed by atoms with van der Waals surface area (Å²) in [5.74, 6) is -0.724. The van der Waals surface area contributed by atoms with Crippen molar-refractivity contribution in [1.29, 1.82) is 0 Å². The first-order valence-corrected chi connectivity index (χ1v) is 14.4. The highest BCUT2D eigenvalue weighted by atomic mass is 16.4. The molecule has 6 heteroatoms. The summed E-state index contributed by atoms with van der Waals surface area (Å²) in [6, 6.07) is 23.7. The van der Waals surface area contributed by atoms with Crippen molar-refractivity contribution in [2.45, 2.75) is 76.5 Å². The van der Waals surface area contributed by atoms with Gasteiger partial charge in [-0.15, -0.1) is 0 Å². The third kappa shape index (κ3) is 8.04. The number of hydrogen-bond acceptors (Lipinski definition) is 3. The fourth-order valence-corrected chi connectivity index (χ4v) is 5.39. The zero-order valence-corrected chi connectivity index (χ0v) is 23.5. The number of carboxylic acid groups (broad SMARTS) is 1. The van der Waals surface area contributed by atoms with E-state index < -0.39 is 11.9 Å². The molecule has 210 valence electrons. The first-order chi connectivity index (χ1) is 19.3. The van der Waals surface area contributed by atoms with E-state index in [9.17, 15) is 14.4 Å². The van der Waals surface area contributed by atoms with E-state index in [1.54, 1.807) is 12.1 Å². The van der Waals surface area contributed by atoms with Crippen molar-refractivity contribution in [2.75, 3.05) is 11.9 Å². The molecule has 3 aromatic carbocycles. The maximum absolute atomic E-state index is 13.6. The molecule has 1 fully saturated rings. The smallest absolute Gasteiger partial charge is 0.305 e. The summed E-state index contributed by atoms with van der Waals surface area (Å²) in [4.78, 5) is 36.7. The van der Waals surface area contributed by atoms with Crippen LogP contribution in [-0.2, 0) is 16.0 Å². The van der Waals surface area contributed by atoms with Crippen LogP contribution in [0.4, 0.5) is 5.69 Å². The van der Waals surface area contributed by atoms with Crippen molar-refractivity contribution in [3.63, 3.8) is 0 Å². The summed E-state index contributed by atoms with van der Waals surface area (Å²) in [5, 5.41) is 14.5. The van der Waals surface area contributed by atoms with Gasteiger partial charge in [-0.05, 0) is 77.6 Å². The minimum absolute atomic E-state index is 0.0711. The molecule has 1 atom stereocenters. The highest BCUT2D eigenvalue weighted by molar-refractivity contribution is 5.96. The molecule has 3 N–H and O–H groups in total. The number of hydrogen-bond donors (Lipinski definition) is 3. The minimum Gasteiger partial charge on any atom is -0.481 e. The van der Waals surface area contributed by atoms with E-state index in [2.05, 4.69) is 60.9 Å². The summed E-state index contributed by atoms with van der Waals surface area (Å²) in [5.41, 5.74) is 5.70. The van der Waals surface area contributed by atoms with Crippen molar-refractivity contribution >= 4 is 23.5 Å². The van der Waals surface area contributed by atoms with Crippen molar-refractivity contribution in [1.82, 2.24) is 5.32 Å². The Morgan fingerprint density at radius 2 is 1.45 bits per heavy atom. The number of carboxylic acids is 1. The number of rotatable bonds is 11. The van der Waals surface area contributed by atoms with E-state index in [0.717, 1.165) is 16.8 Å². The standard InChI is InChI=1S/C34H40N2O4/c1-23(2)25-16-18-30(19-17-25)36-34(40)31(28-14-12-27(13-15-28)26-6-4-3-5-7-26)22-24-8-10-29(11-9-24)33(39)35-21-20-32(37)38/h8-19,23,26,31H,3-7,20-22H2,1-2H3,(H,35,39)(H,36,40)(H,37,38). The topological polar surface area (TPSA) is 95.5 Å². The van der Waals surface area contributed by atoms with Crippen LogP contribution in [0.15, 0.2) is 72.8 Å². The third-order valence-electron chi connectivity index (χ3n) is 7.86. The Labute approximate surface area is 237 Å². The number of carbonyl (C=O) groups is 3. The summed E-state index contributed by atoms with van der Waals surface area (Å²) in [7, 11) is 0. The molecule has 3 aromatic rings. The molecule has 4 rings (SSSR count). The van der Waals surface area contributed by atoms with Gasteiger partial charge in [0.25, 0.3) is 5.91 Å². The quantitative estimate of drug-likeness (QED) is 0.243. The average Bonchev–Trinajstić information content (AvgIpc) is 2.97. The van der Waals surface area contributed by atoms with Gasteiger partial charge in [0.1, 0.15) is 0 Å². The number of benzene rings is 3. The van der Waals surface area contributed by atoms with E-state index >= 15 is 0 Å². The van der Waals surface area contributed by atoms with Gasteiger partial charge in [0, 0.05) is 17.8 Å². The zero-order valence-electron chi connectivity index (χ0n) is 23.5. The minimum atomic E-state index is -0.956. The van der Waals surface area contributed by atoms with Crippen LogP contribution >= 0.6 is 0 Å². The van der Waals surface area contributed by atoms with E-state index in [0.29, 0.717) is 23.8 Å². The molecule has 1 saturated carbocycles. The molecule has 0 aliphatic heterocycles. The highest BCUT2D eigenvalue weighted by Gasteiger charge is 2.23. The first-order valence-electron chi connectivity index (χ1n) is 14.4. The number of anilines is 1. The Bertz CT molecular complexity index is 1280. The van der Waals surface area contributed by atoms with Crippen molar-refractivity contribution < 1.29 is 19.5 Å². The molecule has 1 unspecified atom stereocenters. The van der Waals surface area contributed by atoms with Crippen molar-refractivity contribution in [2.24, 2.45) is 0 Å². The van der Waals surface area contributed by atoms with Crippen molar-refractivity contribution in [3.05, 3.63) is 101 Å². The maximum atomic E-state index is 13.6. The lowest BCUT2D eigenvalue weighted by atomic mass is 9.83. The summed E-state index contributed by atoms with van der Waals surface area (Å²) >= 11 is 0. The SMILES string of the molecule is CC(C)c1ccc(NC(=O)C(Cc2ccc(C(=O)NCCC(=O)O)cc2)c2ccc(C3CCCCC3)cc2)cc1. The fourth-order valence-electron chi connectivity index (χ4n) is 5.39. The van der Waals surface area contributed by atoms with Gasteiger partial charge in [0.15, 0.2) is 0 Å². The van der Waals surface area contributed by atoms with Crippen LogP contribution in [0.5, 0.6) is 0 Å². The van der Waals surface area contributed by atoms with Crippen LogP contribution in [0.1, 0.15) is 103 Å². The molecule has 40 heavy (non-hydrogen) atoms. The molecule has 0 saturated heterocycles. The molecular weight excluding hydrogens is 500 g/mol. The van der Waals surface area contributed by atoms with E-state index in [1.807, 2.05) is 24.3 Å². The second-order valence-corrected chi connectivity index (χ2v) is 11.1. The molecule has 1 aliphatic rings. The van der Waals surface area contributed by atoms with Crippen molar-refractivity contribution in [3.8, 4) is 0 Å². The Morgan fingerprint density at radius 1 is 0.825 bits per heavy atom. The zero-order chi connectivity index (χ0) is 28.5. The predicted molar refractivity (Wildman–Crippen MR) is 159 cm³/mol. The number of aliphatic carboxylic acids is 1. The number of amides is 2. The third-order valence-corrected chi connectivity index (χ3v) is 7.86. The summed E-state index contributed by atoms with van der Waals surface area (Å²) in [6.45, 7) is 4.37. The van der Waals surface area contributed by atoms with Crippen LogP contribution in [0.2, 0.25) is 0 Å². The Hall–Kier alpha value is -3.93. The van der Waals surface area contributed by atoms with E-state index in [1.165, 1.54) is 43.2 Å². The molecule has 0 heterocycles. The van der Waals surface area contributed by atoms with Gasteiger partial charge in [0.2, 0.25) is 5.91 Å². The highest BCUT2D eigenvalue weighted by Crippen LogP contribution is 2.34. The fraction of sp³-hybridized carbons (Fsp3) is 0.382. The Morgan fingerprint density at radius 3 is 2.05 bits per heavy atom. The molecule has 0 aromatic heterocycles. The second kappa shape index (κ2) is 13.9. The van der Waals surface area contributed by atoms with Gasteiger partial charge >= 0.3 is 5.97 Å². The molecule has 0 bridgehead atoms. The molecule has 6 nitrogen and oxygen atoms in total. The number of nitrogens with one attached hydrogen (secondary N) is 2. The van der Waals surface area contributed by atoms with Crippen LogP contribution in [0.3, 0.4) is 0 Å². The Balaban J connectivity index is 1.51. The van der Waals surface area contributed by atoms with Crippen LogP contribution in [-0.4, -0.2) is 29.4 Å². The Kier molecular flexibility index (Phi) is 10.1. The molecule has 0 spiro atoms. The van der Waals surface area contributed by atoms with Gasteiger partial charge in [-0.25, -0.2) is 0 Å². The van der Waals surface area contributed by atoms with Gasteiger partial charge in [-0.3, -0.25) is 14.4 Å². The monoisotopic (exact) mass is 540 g/mol.